The minimum absolute atomic E-state index is 0.123. The minimum Gasteiger partial charge on any atom is -0.508 e. The lowest BCUT2D eigenvalue weighted by atomic mass is 10.0. The quantitative estimate of drug-likeness (QED) is 0.728. The van der Waals surface area contributed by atoms with Crippen molar-refractivity contribution in [2.75, 3.05) is 0 Å². The highest BCUT2D eigenvalue weighted by Gasteiger charge is 2.28. The van der Waals surface area contributed by atoms with Gasteiger partial charge in [0.2, 0.25) is 0 Å². The molecule has 1 saturated carbocycles. The normalized spacial score (nSPS) is 13.7. The second kappa shape index (κ2) is 6.74. The third-order valence-corrected chi connectivity index (χ3v) is 5.07. The van der Waals surface area contributed by atoms with E-state index in [1.54, 1.807) is 20.0 Å². The van der Waals surface area contributed by atoms with Gasteiger partial charge in [0.1, 0.15) is 18.1 Å². The van der Waals surface area contributed by atoms with E-state index in [1.165, 1.54) is 15.4 Å². The van der Waals surface area contributed by atoms with Crippen molar-refractivity contribution in [2.45, 2.75) is 32.3 Å². The maximum absolute atomic E-state index is 12.3. The number of hydrogen-bond acceptors (Lipinski definition) is 5. The number of hydrogen-bond donors (Lipinski definition) is 1. The number of ether oxygens (including phenoxy) is 1. The van der Waals surface area contributed by atoms with E-state index in [9.17, 15) is 9.90 Å². The molecule has 1 aromatic heterocycles. The fraction of sp³-hybridized carbons (Fsp3) is 0.316. The Bertz CT molecular complexity index is 1070. The molecular weight excluding hydrogens is 368 g/mol. The predicted molar refractivity (Wildman–Crippen MR) is 101 cm³/mol. The predicted octanol–water partition coefficient (Wildman–Crippen LogP) is 3.09. The summed E-state index contributed by atoms with van der Waals surface area (Å²) in [7, 11) is 1.56. The monoisotopic (exact) mass is 386 g/mol. The lowest BCUT2D eigenvalue weighted by molar-refractivity contribution is 0.303. The number of nitrogens with zero attached hydrogens (tertiary/aromatic N) is 4. The van der Waals surface area contributed by atoms with Crippen molar-refractivity contribution >= 4 is 11.6 Å². The Hall–Kier alpha value is -2.80. The first-order valence-corrected chi connectivity index (χ1v) is 9.06. The summed E-state index contributed by atoms with van der Waals surface area (Å²) in [6.45, 7) is 2.01. The molecule has 0 radical (unpaired) electrons. The summed E-state index contributed by atoms with van der Waals surface area (Å²) in [5.41, 5.74) is 3.06. The highest BCUT2D eigenvalue weighted by molar-refractivity contribution is 6.32. The second-order valence-electron chi connectivity index (χ2n) is 6.77. The van der Waals surface area contributed by atoms with Crippen LogP contribution in [0.2, 0.25) is 5.02 Å². The largest absolute Gasteiger partial charge is 0.508 e. The van der Waals surface area contributed by atoms with Crippen molar-refractivity contribution in [1.29, 1.82) is 0 Å². The van der Waals surface area contributed by atoms with Gasteiger partial charge in [-0.15, -0.1) is 0 Å². The molecule has 0 atom stereocenters. The number of aromatic hydroxyl groups is 1. The molecule has 2 aromatic carbocycles. The average molecular weight is 387 g/mol. The van der Waals surface area contributed by atoms with Crippen molar-refractivity contribution in [3.05, 3.63) is 62.5 Å². The number of aryl methyl sites for hydroxylation is 2. The topological polar surface area (TPSA) is 82.2 Å². The SMILES string of the molecule is Cc1cc(OCc2c(C3CC3)cccc2-n2nnn(C)c2=O)c(Cl)cc1O. The molecule has 3 aromatic rings. The van der Waals surface area contributed by atoms with Crippen LogP contribution in [0.4, 0.5) is 0 Å². The highest BCUT2D eigenvalue weighted by Crippen LogP contribution is 2.43. The van der Waals surface area contributed by atoms with Gasteiger partial charge >= 0.3 is 5.69 Å². The van der Waals surface area contributed by atoms with Crippen LogP contribution in [0.5, 0.6) is 11.5 Å². The van der Waals surface area contributed by atoms with Crippen LogP contribution in [0.1, 0.15) is 35.4 Å². The molecule has 27 heavy (non-hydrogen) atoms. The van der Waals surface area contributed by atoms with Gasteiger partial charge in [0.15, 0.2) is 0 Å². The van der Waals surface area contributed by atoms with Crippen molar-refractivity contribution in [3.63, 3.8) is 0 Å². The molecule has 1 fully saturated rings. The Morgan fingerprint density at radius 1 is 1.30 bits per heavy atom. The van der Waals surface area contributed by atoms with Gasteiger partial charge in [-0.1, -0.05) is 23.7 Å². The summed E-state index contributed by atoms with van der Waals surface area (Å²) in [5.74, 6) is 1.07. The van der Waals surface area contributed by atoms with Crippen LogP contribution in [0, 0.1) is 6.92 Å². The standard InChI is InChI=1S/C19H19ClN4O3/c1-11-8-18(15(20)9-17(11)25)27-10-14-13(12-6-7-12)4-3-5-16(14)24-19(26)23(2)21-22-24/h3-5,8-9,12,25H,6-7,10H2,1-2H3. The minimum atomic E-state index is -0.317. The third-order valence-electron chi connectivity index (χ3n) is 4.78. The van der Waals surface area contributed by atoms with Gasteiger partial charge in [-0.05, 0) is 59.4 Å². The summed E-state index contributed by atoms with van der Waals surface area (Å²) in [6, 6.07) is 8.99. The first-order valence-electron chi connectivity index (χ1n) is 8.68. The number of benzene rings is 2. The van der Waals surface area contributed by atoms with Gasteiger partial charge < -0.3 is 9.84 Å². The number of rotatable bonds is 5. The van der Waals surface area contributed by atoms with Crippen LogP contribution in [-0.2, 0) is 13.7 Å². The van der Waals surface area contributed by atoms with E-state index in [0.717, 1.165) is 24.0 Å². The molecule has 0 aliphatic heterocycles. The Morgan fingerprint density at radius 3 is 2.74 bits per heavy atom. The Labute approximate surface area is 160 Å². The molecule has 7 nitrogen and oxygen atoms in total. The van der Waals surface area contributed by atoms with Crippen molar-refractivity contribution in [1.82, 2.24) is 19.8 Å². The molecule has 1 aliphatic rings. The van der Waals surface area contributed by atoms with Gasteiger partial charge in [-0.3, -0.25) is 0 Å². The highest BCUT2D eigenvalue weighted by atomic mass is 35.5. The Morgan fingerprint density at radius 2 is 2.07 bits per heavy atom. The molecule has 0 amide bonds. The smallest absolute Gasteiger partial charge is 0.368 e. The number of aromatic nitrogens is 4. The van der Waals surface area contributed by atoms with Crippen LogP contribution in [0.25, 0.3) is 5.69 Å². The molecule has 1 heterocycles. The van der Waals surface area contributed by atoms with Crippen LogP contribution in [0.3, 0.4) is 0 Å². The third kappa shape index (κ3) is 3.30. The van der Waals surface area contributed by atoms with Crippen molar-refractivity contribution < 1.29 is 9.84 Å². The lowest BCUT2D eigenvalue weighted by Gasteiger charge is -2.16. The van der Waals surface area contributed by atoms with Crippen LogP contribution < -0.4 is 10.4 Å². The van der Waals surface area contributed by atoms with E-state index in [1.807, 2.05) is 12.1 Å². The maximum Gasteiger partial charge on any atom is 0.368 e. The molecule has 4 rings (SSSR count). The molecule has 1 N–H and O–H groups in total. The average Bonchev–Trinajstić information content (AvgIpc) is 3.43. The van der Waals surface area contributed by atoms with Crippen LogP contribution >= 0.6 is 11.6 Å². The zero-order chi connectivity index (χ0) is 19.1. The van der Waals surface area contributed by atoms with Gasteiger partial charge in [0, 0.05) is 18.7 Å². The van der Waals surface area contributed by atoms with Gasteiger partial charge in [0.25, 0.3) is 0 Å². The summed E-state index contributed by atoms with van der Waals surface area (Å²) >= 11 is 6.20. The summed E-state index contributed by atoms with van der Waals surface area (Å²) in [4.78, 5) is 12.3. The van der Waals surface area contributed by atoms with E-state index in [-0.39, 0.29) is 18.0 Å². The van der Waals surface area contributed by atoms with E-state index >= 15 is 0 Å². The first-order chi connectivity index (χ1) is 13.0. The Kier molecular flexibility index (Phi) is 4.39. The molecule has 140 valence electrons. The number of phenols is 1. The molecule has 0 spiro atoms. The zero-order valence-electron chi connectivity index (χ0n) is 15.0. The molecular formula is C19H19ClN4O3. The summed E-state index contributed by atoms with van der Waals surface area (Å²) in [5, 5.41) is 17.9. The maximum atomic E-state index is 12.3. The number of phenolic OH excluding ortho intramolecular Hbond substituents is 1. The summed E-state index contributed by atoms with van der Waals surface area (Å²) in [6.07, 6.45) is 2.23. The second-order valence-corrected chi connectivity index (χ2v) is 7.18. The van der Waals surface area contributed by atoms with E-state index < -0.39 is 0 Å². The molecule has 0 bridgehead atoms. The fourth-order valence-corrected chi connectivity index (χ4v) is 3.31. The Balaban J connectivity index is 1.74. The van der Waals surface area contributed by atoms with Gasteiger partial charge in [-0.25, -0.2) is 4.79 Å². The van der Waals surface area contributed by atoms with Crippen LogP contribution in [-0.4, -0.2) is 24.9 Å². The van der Waals surface area contributed by atoms with E-state index in [2.05, 4.69) is 16.5 Å². The molecule has 8 heteroatoms. The van der Waals surface area contributed by atoms with Crippen molar-refractivity contribution in [3.8, 4) is 17.2 Å². The first kappa shape index (κ1) is 17.6. The molecule has 0 saturated heterocycles. The number of tetrazole rings is 1. The van der Waals surface area contributed by atoms with E-state index in [0.29, 0.717) is 27.9 Å². The summed E-state index contributed by atoms with van der Waals surface area (Å²) < 4.78 is 8.45. The fourth-order valence-electron chi connectivity index (χ4n) is 3.09. The van der Waals surface area contributed by atoms with Crippen LogP contribution in [0.15, 0.2) is 35.1 Å². The number of halogens is 1. The molecule has 0 unspecified atom stereocenters. The van der Waals surface area contributed by atoms with Gasteiger partial charge in [-0.2, -0.15) is 9.36 Å². The van der Waals surface area contributed by atoms with Crippen molar-refractivity contribution in [2.24, 2.45) is 7.05 Å². The zero-order valence-corrected chi connectivity index (χ0v) is 15.8. The van der Waals surface area contributed by atoms with Gasteiger partial charge in [0.05, 0.1) is 10.7 Å². The van der Waals surface area contributed by atoms with E-state index in [4.69, 9.17) is 16.3 Å². The lowest BCUT2D eigenvalue weighted by Crippen LogP contribution is -2.23. The molecule has 1 aliphatic carbocycles.